The van der Waals surface area contributed by atoms with E-state index in [2.05, 4.69) is 13.8 Å². The number of ether oxygens (including phenoxy) is 2. The van der Waals surface area contributed by atoms with Gasteiger partial charge in [0.05, 0.1) is 19.3 Å². The number of hydrogen-bond donors (Lipinski definition) is 0. The first-order chi connectivity index (χ1) is 7.13. The third-order valence-corrected chi connectivity index (χ3v) is 2.35. The van der Waals surface area contributed by atoms with Crippen LogP contribution >= 0.6 is 0 Å². The van der Waals surface area contributed by atoms with E-state index in [9.17, 15) is 4.79 Å². The Morgan fingerprint density at radius 3 is 2.73 bits per heavy atom. The fraction of sp³-hybridized carbons (Fsp3) is 0.750. The van der Waals surface area contributed by atoms with Crippen LogP contribution in [0.1, 0.15) is 27.2 Å². The van der Waals surface area contributed by atoms with Crippen molar-refractivity contribution in [2.75, 3.05) is 13.2 Å². The first kappa shape index (κ1) is 12.2. The minimum atomic E-state index is -0.257. The largest absolute Gasteiger partial charge is 0.463 e. The summed E-state index contributed by atoms with van der Waals surface area (Å²) in [6.07, 6.45) is 4.83. The SMILES string of the molecule is CCOC(=O)/C=C/[C@@H](CC(C)C)[C@@H]1CO1. The van der Waals surface area contributed by atoms with Crippen molar-refractivity contribution in [2.24, 2.45) is 11.8 Å². The highest BCUT2D eigenvalue weighted by Crippen LogP contribution is 2.27. The van der Waals surface area contributed by atoms with Crippen molar-refractivity contribution in [3.05, 3.63) is 12.2 Å². The number of carbonyl (C=O) groups is 1. The highest BCUT2D eigenvalue weighted by Gasteiger charge is 2.31. The van der Waals surface area contributed by atoms with E-state index in [-0.39, 0.29) is 5.97 Å². The number of hydrogen-bond acceptors (Lipinski definition) is 3. The third kappa shape index (κ3) is 4.98. The van der Waals surface area contributed by atoms with Crippen molar-refractivity contribution in [1.29, 1.82) is 0 Å². The topological polar surface area (TPSA) is 38.8 Å². The molecule has 1 aliphatic rings. The lowest BCUT2D eigenvalue weighted by Crippen LogP contribution is -2.10. The molecule has 0 saturated carbocycles. The summed E-state index contributed by atoms with van der Waals surface area (Å²) in [4.78, 5) is 11.1. The van der Waals surface area contributed by atoms with Crippen molar-refractivity contribution in [3.63, 3.8) is 0 Å². The molecule has 3 nitrogen and oxygen atoms in total. The summed E-state index contributed by atoms with van der Waals surface area (Å²) in [6.45, 7) is 7.41. The Morgan fingerprint density at radius 2 is 2.27 bits per heavy atom. The molecule has 0 amide bonds. The second-order valence-corrected chi connectivity index (χ2v) is 4.28. The predicted octanol–water partition coefficient (Wildman–Crippen LogP) is 2.17. The number of epoxide rings is 1. The van der Waals surface area contributed by atoms with E-state index in [1.165, 1.54) is 6.08 Å². The van der Waals surface area contributed by atoms with E-state index in [0.717, 1.165) is 13.0 Å². The zero-order chi connectivity index (χ0) is 11.3. The molecule has 1 heterocycles. The van der Waals surface area contributed by atoms with Crippen molar-refractivity contribution >= 4 is 5.97 Å². The Hall–Kier alpha value is -0.830. The van der Waals surface area contributed by atoms with Gasteiger partial charge >= 0.3 is 5.97 Å². The maximum Gasteiger partial charge on any atom is 0.330 e. The number of esters is 1. The van der Waals surface area contributed by atoms with Gasteiger partial charge in [0.25, 0.3) is 0 Å². The second-order valence-electron chi connectivity index (χ2n) is 4.28. The van der Waals surface area contributed by atoms with Crippen LogP contribution in [0.15, 0.2) is 12.2 Å². The van der Waals surface area contributed by atoms with Gasteiger partial charge in [0.2, 0.25) is 0 Å². The molecule has 1 saturated heterocycles. The summed E-state index contributed by atoms with van der Waals surface area (Å²) >= 11 is 0. The van der Waals surface area contributed by atoms with Gasteiger partial charge in [-0.25, -0.2) is 4.79 Å². The first-order valence-electron chi connectivity index (χ1n) is 5.60. The average molecular weight is 212 g/mol. The van der Waals surface area contributed by atoms with Crippen LogP contribution in [0.4, 0.5) is 0 Å². The average Bonchev–Trinajstić information content (AvgIpc) is 2.95. The molecule has 0 N–H and O–H groups in total. The van der Waals surface area contributed by atoms with Crippen molar-refractivity contribution in [3.8, 4) is 0 Å². The maximum atomic E-state index is 11.1. The standard InChI is InChI=1S/C12H20O3/c1-4-14-12(13)6-5-10(7-9(2)3)11-8-15-11/h5-6,9-11H,4,7-8H2,1-3H3/b6-5+/t10-,11-/m0/s1. The van der Waals surface area contributed by atoms with Gasteiger partial charge in [-0.05, 0) is 19.3 Å². The molecule has 1 fully saturated rings. The Morgan fingerprint density at radius 1 is 1.60 bits per heavy atom. The molecule has 0 aromatic rings. The smallest absolute Gasteiger partial charge is 0.330 e. The van der Waals surface area contributed by atoms with E-state index >= 15 is 0 Å². The molecule has 0 unspecified atom stereocenters. The van der Waals surface area contributed by atoms with Crippen LogP contribution in [0.2, 0.25) is 0 Å². The van der Waals surface area contributed by atoms with Crippen molar-refractivity contribution in [2.45, 2.75) is 33.3 Å². The van der Waals surface area contributed by atoms with E-state index in [1.54, 1.807) is 6.92 Å². The van der Waals surface area contributed by atoms with Gasteiger partial charge < -0.3 is 9.47 Å². The molecule has 0 radical (unpaired) electrons. The molecule has 0 aliphatic carbocycles. The maximum absolute atomic E-state index is 11.1. The summed E-state index contributed by atoms with van der Waals surface area (Å²) in [5, 5.41) is 0. The van der Waals surface area contributed by atoms with Gasteiger partial charge in [0.1, 0.15) is 0 Å². The summed E-state index contributed by atoms with van der Waals surface area (Å²) in [7, 11) is 0. The van der Waals surface area contributed by atoms with E-state index < -0.39 is 0 Å². The van der Waals surface area contributed by atoms with Crippen LogP contribution in [0, 0.1) is 11.8 Å². The monoisotopic (exact) mass is 212 g/mol. The third-order valence-electron chi connectivity index (χ3n) is 2.35. The fourth-order valence-corrected chi connectivity index (χ4v) is 1.59. The fourth-order valence-electron chi connectivity index (χ4n) is 1.59. The predicted molar refractivity (Wildman–Crippen MR) is 58.5 cm³/mol. The molecule has 0 spiro atoms. The molecule has 1 aliphatic heterocycles. The summed E-state index contributed by atoms with van der Waals surface area (Å²) < 4.78 is 10.1. The molecule has 2 atom stereocenters. The molecule has 86 valence electrons. The number of carbonyl (C=O) groups excluding carboxylic acids is 1. The minimum Gasteiger partial charge on any atom is -0.463 e. The van der Waals surface area contributed by atoms with Crippen LogP contribution in [-0.4, -0.2) is 25.3 Å². The van der Waals surface area contributed by atoms with E-state index in [4.69, 9.17) is 9.47 Å². The van der Waals surface area contributed by atoms with Crippen LogP contribution in [-0.2, 0) is 14.3 Å². The molecule has 0 aromatic heterocycles. The van der Waals surface area contributed by atoms with E-state index in [1.807, 2.05) is 6.08 Å². The van der Waals surface area contributed by atoms with Crippen LogP contribution in [0.25, 0.3) is 0 Å². The van der Waals surface area contributed by atoms with Crippen LogP contribution in [0.5, 0.6) is 0 Å². The molecule has 0 aromatic carbocycles. The normalized spacial score (nSPS) is 22.0. The summed E-state index contributed by atoms with van der Waals surface area (Å²) in [5.74, 6) is 0.715. The highest BCUT2D eigenvalue weighted by molar-refractivity contribution is 5.81. The van der Waals surface area contributed by atoms with Gasteiger partial charge in [-0.1, -0.05) is 19.9 Å². The van der Waals surface area contributed by atoms with Gasteiger partial charge in [0, 0.05) is 12.0 Å². The lowest BCUT2D eigenvalue weighted by atomic mass is 9.94. The quantitative estimate of drug-likeness (QED) is 0.385. The Bertz CT molecular complexity index is 229. The molecule has 15 heavy (non-hydrogen) atoms. The van der Waals surface area contributed by atoms with Gasteiger partial charge in [-0.15, -0.1) is 0 Å². The van der Waals surface area contributed by atoms with Gasteiger partial charge in [0.15, 0.2) is 0 Å². The van der Waals surface area contributed by atoms with Crippen molar-refractivity contribution in [1.82, 2.24) is 0 Å². The van der Waals surface area contributed by atoms with E-state index in [0.29, 0.717) is 24.5 Å². The second kappa shape index (κ2) is 5.91. The molecule has 1 rings (SSSR count). The van der Waals surface area contributed by atoms with Crippen LogP contribution in [0.3, 0.4) is 0 Å². The molecular weight excluding hydrogens is 192 g/mol. The number of rotatable bonds is 6. The Labute approximate surface area is 91.4 Å². The highest BCUT2D eigenvalue weighted by atomic mass is 16.6. The zero-order valence-electron chi connectivity index (χ0n) is 9.73. The molecule has 3 heteroatoms. The van der Waals surface area contributed by atoms with Gasteiger partial charge in [-0.2, -0.15) is 0 Å². The Balaban J connectivity index is 2.39. The Kier molecular flexibility index (Phi) is 4.82. The molecular formula is C12H20O3. The lowest BCUT2D eigenvalue weighted by Gasteiger charge is -2.11. The first-order valence-corrected chi connectivity index (χ1v) is 5.60. The lowest BCUT2D eigenvalue weighted by molar-refractivity contribution is -0.137. The zero-order valence-corrected chi connectivity index (χ0v) is 9.73. The minimum absolute atomic E-state index is 0.257. The van der Waals surface area contributed by atoms with Gasteiger partial charge in [-0.3, -0.25) is 0 Å². The van der Waals surface area contributed by atoms with Crippen molar-refractivity contribution < 1.29 is 14.3 Å². The summed E-state index contributed by atoms with van der Waals surface area (Å²) in [5.41, 5.74) is 0. The molecule has 0 bridgehead atoms. The van der Waals surface area contributed by atoms with Crippen LogP contribution < -0.4 is 0 Å². The summed E-state index contributed by atoms with van der Waals surface area (Å²) in [6, 6.07) is 0.